The number of hydrogen-bond acceptors (Lipinski definition) is 3. The SMILES string of the molecule is CCCNS(=O)(=O)c1cccc(C(=O)N2CCCC(C)C2)c1. The predicted molar refractivity (Wildman–Crippen MR) is 86.2 cm³/mol. The van der Waals surface area contributed by atoms with Gasteiger partial charge < -0.3 is 4.90 Å². The summed E-state index contributed by atoms with van der Waals surface area (Å²) in [5.41, 5.74) is 0.438. The molecular formula is C16H24N2O3S. The zero-order valence-electron chi connectivity index (χ0n) is 13.2. The molecular weight excluding hydrogens is 300 g/mol. The van der Waals surface area contributed by atoms with E-state index in [9.17, 15) is 13.2 Å². The number of benzene rings is 1. The molecule has 1 aliphatic heterocycles. The smallest absolute Gasteiger partial charge is 0.253 e. The number of nitrogens with one attached hydrogen (secondary N) is 1. The molecule has 2 rings (SSSR count). The normalized spacial score (nSPS) is 19.2. The molecule has 1 unspecified atom stereocenters. The largest absolute Gasteiger partial charge is 0.338 e. The molecule has 6 heteroatoms. The van der Waals surface area contributed by atoms with Crippen LogP contribution >= 0.6 is 0 Å². The van der Waals surface area contributed by atoms with Gasteiger partial charge in [0.15, 0.2) is 0 Å². The van der Waals surface area contributed by atoms with Crippen LogP contribution in [-0.2, 0) is 10.0 Å². The zero-order chi connectivity index (χ0) is 16.2. The van der Waals surface area contributed by atoms with Gasteiger partial charge in [0.25, 0.3) is 5.91 Å². The van der Waals surface area contributed by atoms with E-state index < -0.39 is 10.0 Å². The molecule has 0 aliphatic carbocycles. The summed E-state index contributed by atoms with van der Waals surface area (Å²) in [4.78, 5) is 14.5. The van der Waals surface area contributed by atoms with Crippen molar-refractivity contribution in [3.05, 3.63) is 29.8 Å². The molecule has 1 aromatic carbocycles. The first-order valence-electron chi connectivity index (χ1n) is 7.83. The lowest BCUT2D eigenvalue weighted by Crippen LogP contribution is -2.39. The fourth-order valence-electron chi connectivity index (χ4n) is 2.67. The molecule has 1 N–H and O–H groups in total. The number of piperidine rings is 1. The van der Waals surface area contributed by atoms with Crippen molar-refractivity contribution < 1.29 is 13.2 Å². The third kappa shape index (κ3) is 4.08. The second-order valence-electron chi connectivity index (χ2n) is 5.92. The second-order valence-corrected chi connectivity index (χ2v) is 7.69. The number of amides is 1. The Balaban J connectivity index is 2.19. The Morgan fingerprint density at radius 1 is 1.41 bits per heavy atom. The van der Waals surface area contributed by atoms with Crippen LogP contribution in [0.3, 0.4) is 0 Å². The minimum Gasteiger partial charge on any atom is -0.338 e. The van der Waals surface area contributed by atoms with Crippen LogP contribution in [0.4, 0.5) is 0 Å². The molecule has 1 aliphatic rings. The van der Waals surface area contributed by atoms with Crippen molar-refractivity contribution in [2.24, 2.45) is 5.92 Å². The van der Waals surface area contributed by atoms with Gasteiger partial charge in [0.05, 0.1) is 4.90 Å². The first-order valence-corrected chi connectivity index (χ1v) is 9.31. The average molecular weight is 324 g/mol. The molecule has 0 aromatic heterocycles. The van der Waals surface area contributed by atoms with Gasteiger partial charge in [0.1, 0.15) is 0 Å². The summed E-state index contributed by atoms with van der Waals surface area (Å²) in [6.45, 7) is 5.91. The summed E-state index contributed by atoms with van der Waals surface area (Å²) >= 11 is 0. The van der Waals surface area contributed by atoms with Crippen molar-refractivity contribution in [2.75, 3.05) is 19.6 Å². The maximum Gasteiger partial charge on any atom is 0.253 e. The van der Waals surface area contributed by atoms with Crippen LogP contribution in [0.1, 0.15) is 43.5 Å². The van der Waals surface area contributed by atoms with Crippen LogP contribution < -0.4 is 4.72 Å². The number of carbonyl (C=O) groups is 1. The van der Waals surface area contributed by atoms with E-state index in [1.54, 1.807) is 12.1 Å². The van der Waals surface area contributed by atoms with Gasteiger partial charge >= 0.3 is 0 Å². The highest BCUT2D eigenvalue weighted by Crippen LogP contribution is 2.19. The van der Waals surface area contributed by atoms with Crippen molar-refractivity contribution >= 4 is 15.9 Å². The number of rotatable bonds is 5. The second kappa shape index (κ2) is 7.24. The molecule has 0 saturated carbocycles. The molecule has 0 bridgehead atoms. The molecule has 0 radical (unpaired) electrons. The van der Waals surface area contributed by atoms with Crippen LogP contribution in [0, 0.1) is 5.92 Å². The highest BCUT2D eigenvalue weighted by Gasteiger charge is 2.23. The van der Waals surface area contributed by atoms with E-state index in [-0.39, 0.29) is 10.8 Å². The Labute approximate surface area is 132 Å². The molecule has 1 heterocycles. The van der Waals surface area contributed by atoms with E-state index in [1.807, 2.05) is 11.8 Å². The standard InChI is InChI=1S/C16H24N2O3S/c1-3-9-17-22(20,21)15-8-4-7-14(11-15)16(19)18-10-5-6-13(2)12-18/h4,7-8,11,13,17H,3,5-6,9-10,12H2,1-2H3. The molecule has 122 valence electrons. The van der Waals surface area contributed by atoms with Gasteiger partial charge in [0.2, 0.25) is 10.0 Å². The maximum absolute atomic E-state index is 12.5. The number of nitrogens with zero attached hydrogens (tertiary/aromatic N) is 1. The minimum atomic E-state index is -3.54. The van der Waals surface area contributed by atoms with Crippen molar-refractivity contribution in [3.8, 4) is 0 Å². The third-order valence-corrected chi connectivity index (χ3v) is 5.34. The van der Waals surface area contributed by atoms with Gasteiger partial charge in [-0.2, -0.15) is 0 Å². The number of sulfonamides is 1. The molecule has 1 aromatic rings. The molecule has 1 saturated heterocycles. The summed E-state index contributed by atoms with van der Waals surface area (Å²) in [7, 11) is -3.54. The Bertz CT molecular complexity index is 628. The number of hydrogen-bond donors (Lipinski definition) is 1. The lowest BCUT2D eigenvalue weighted by atomic mass is 9.99. The van der Waals surface area contributed by atoms with Gasteiger partial charge in [-0.05, 0) is 43.4 Å². The van der Waals surface area contributed by atoms with E-state index in [4.69, 9.17) is 0 Å². The molecule has 1 amide bonds. The highest BCUT2D eigenvalue weighted by molar-refractivity contribution is 7.89. The highest BCUT2D eigenvalue weighted by atomic mass is 32.2. The summed E-state index contributed by atoms with van der Waals surface area (Å²) < 4.78 is 26.8. The van der Waals surface area contributed by atoms with Gasteiger partial charge in [-0.15, -0.1) is 0 Å². The fraction of sp³-hybridized carbons (Fsp3) is 0.562. The fourth-order valence-corrected chi connectivity index (χ4v) is 3.85. The van der Waals surface area contributed by atoms with Crippen LogP contribution in [0.15, 0.2) is 29.2 Å². The van der Waals surface area contributed by atoms with Gasteiger partial charge in [-0.25, -0.2) is 13.1 Å². The lowest BCUT2D eigenvalue weighted by Gasteiger charge is -2.31. The van der Waals surface area contributed by atoms with Crippen LogP contribution in [0.2, 0.25) is 0 Å². The minimum absolute atomic E-state index is 0.0842. The average Bonchev–Trinajstić information content (AvgIpc) is 2.52. The maximum atomic E-state index is 12.5. The molecule has 5 nitrogen and oxygen atoms in total. The Morgan fingerprint density at radius 2 is 2.18 bits per heavy atom. The van der Waals surface area contributed by atoms with E-state index in [0.29, 0.717) is 18.0 Å². The Morgan fingerprint density at radius 3 is 2.86 bits per heavy atom. The quantitative estimate of drug-likeness (QED) is 0.903. The van der Waals surface area contributed by atoms with Crippen molar-refractivity contribution in [2.45, 2.75) is 38.0 Å². The zero-order valence-corrected chi connectivity index (χ0v) is 14.0. The van der Waals surface area contributed by atoms with Crippen LogP contribution in [0.25, 0.3) is 0 Å². The predicted octanol–water partition coefficient (Wildman–Crippen LogP) is 2.25. The Kier molecular flexibility index (Phi) is 5.58. The van der Waals surface area contributed by atoms with E-state index in [2.05, 4.69) is 11.6 Å². The van der Waals surface area contributed by atoms with Crippen molar-refractivity contribution in [1.82, 2.24) is 9.62 Å². The monoisotopic (exact) mass is 324 g/mol. The first kappa shape index (κ1) is 17.0. The Hall–Kier alpha value is -1.40. The number of likely N-dealkylation sites (tertiary alicyclic amines) is 1. The summed E-state index contributed by atoms with van der Waals surface area (Å²) in [5, 5.41) is 0. The van der Waals surface area contributed by atoms with Crippen molar-refractivity contribution in [1.29, 1.82) is 0 Å². The summed E-state index contributed by atoms with van der Waals surface area (Å²) in [5.74, 6) is 0.412. The molecule has 1 fully saturated rings. The van der Waals surface area contributed by atoms with Crippen LogP contribution in [0.5, 0.6) is 0 Å². The molecule has 22 heavy (non-hydrogen) atoms. The van der Waals surface area contributed by atoms with E-state index in [0.717, 1.165) is 32.4 Å². The van der Waals surface area contributed by atoms with E-state index >= 15 is 0 Å². The summed E-state index contributed by atoms with van der Waals surface area (Å²) in [6, 6.07) is 6.30. The number of carbonyl (C=O) groups excluding carboxylic acids is 1. The summed E-state index contributed by atoms with van der Waals surface area (Å²) in [6.07, 6.45) is 2.87. The first-order chi connectivity index (χ1) is 10.4. The van der Waals surface area contributed by atoms with Gasteiger partial charge in [-0.3, -0.25) is 4.79 Å². The van der Waals surface area contributed by atoms with Crippen molar-refractivity contribution in [3.63, 3.8) is 0 Å². The molecule has 0 spiro atoms. The van der Waals surface area contributed by atoms with Gasteiger partial charge in [-0.1, -0.05) is 19.9 Å². The topological polar surface area (TPSA) is 66.5 Å². The molecule has 1 atom stereocenters. The lowest BCUT2D eigenvalue weighted by molar-refractivity contribution is 0.0683. The van der Waals surface area contributed by atoms with E-state index in [1.165, 1.54) is 12.1 Å². The van der Waals surface area contributed by atoms with Gasteiger partial charge in [0, 0.05) is 25.2 Å². The van der Waals surface area contributed by atoms with Crippen LogP contribution in [-0.4, -0.2) is 38.9 Å². The third-order valence-electron chi connectivity index (χ3n) is 3.88.